The third kappa shape index (κ3) is 5.07. The summed E-state index contributed by atoms with van der Waals surface area (Å²) in [7, 11) is 0. The second kappa shape index (κ2) is 7.63. The van der Waals surface area contributed by atoms with Crippen LogP contribution in [0, 0.1) is 6.92 Å². The topological polar surface area (TPSA) is 26.3 Å². The van der Waals surface area contributed by atoms with E-state index < -0.39 is 0 Å². The van der Waals surface area contributed by atoms with Crippen LogP contribution in [0.2, 0.25) is 0 Å². The number of ether oxygens (including phenoxy) is 1. The molecule has 1 atom stereocenters. The summed E-state index contributed by atoms with van der Waals surface area (Å²) in [6.45, 7) is 4.57. The van der Waals surface area contributed by atoms with Crippen molar-refractivity contribution in [3.63, 3.8) is 0 Å². The fourth-order valence-electron chi connectivity index (χ4n) is 2.17. The van der Waals surface area contributed by atoms with Gasteiger partial charge in [0.05, 0.1) is 6.61 Å². The summed E-state index contributed by atoms with van der Waals surface area (Å²) in [6.07, 6.45) is 1.17. The Hall–Kier alpha value is -2.09. The zero-order valence-electron chi connectivity index (χ0n) is 12.7. The van der Waals surface area contributed by atoms with Crippen molar-refractivity contribution in [2.24, 2.45) is 0 Å². The van der Waals surface area contributed by atoms with Gasteiger partial charge in [-0.05, 0) is 24.5 Å². The summed E-state index contributed by atoms with van der Waals surface area (Å²) < 4.78 is 5.36. The Morgan fingerprint density at radius 2 is 1.71 bits per heavy atom. The van der Waals surface area contributed by atoms with Crippen LogP contribution in [0.1, 0.15) is 36.0 Å². The minimum Gasteiger partial charge on any atom is -0.465 e. The Kier molecular flexibility index (Phi) is 5.56. The molecule has 110 valence electrons. The molecule has 2 aromatic rings. The molecule has 0 radical (unpaired) electrons. The van der Waals surface area contributed by atoms with Crippen LogP contribution in [0.4, 0.5) is 0 Å². The van der Waals surface area contributed by atoms with Crippen molar-refractivity contribution in [2.75, 3.05) is 6.61 Å². The molecule has 21 heavy (non-hydrogen) atoms. The summed E-state index contributed by atoms with van der Waals surface area (Å²) in [5, 5.41) is 0. The van der Waals surface area contributed by atoms with Crippen molar-refractivity contribution in [1.82, 2.24) is 0 Å². The summed E-state index contributed by atoms with van der Waals surface area (Å²) in [5.74, 6) is 0.105. The van der Waals surface area contributed by atoms with Gasteiger partial charge in [0.25, 0.3) is 0 Å². The molecule has 0 saturated carbocycles. The van der Waals surface area contributed by atoms with E-state index in [1.165, 1.54) is 16.7 Å². The van der Waals surface area contributed by atoms with Gasteiger partial charge in [-0.1, -0.05) is 67.1 Å². The van der Waals surface area contributed by atoms with Gasteiger partial charge in [0.1, 0.15) is 0 Å². The molecule has 0 heterocycles. The Bertz CT molecular complexity index is 558. The van der Waals surface area contributed by atoms with E-state index in [4.69, 9.17) is 4.74 Å². The smallest absolute Gasteiger partial charge is 0.306 e. The maximum atomic E-state index is 11.8. The lowest BCUT2D eigenvalue weighted by atomic mass is 10.0. The zero-order chi connectivity index (χ0) is 15.1. The molecule has 2 aromatic carbocycles. The standard InChI is InChI=1S/C19H22O2/c1-15-8-10-17(11-9-15)12-13-19(20)21-14-16(2)18-6-4-3-5-7-18/h3-11,16H,12-14H2,1-2H3/t16-/m0/s1. The largest absolute Gasteiger partial charge is 0.465 e. The minimum atomic E-state index is -0.127. The summed E-state index contributed by atoms with van der Waals surface area (Å²) in [4.78, 5) is 11.8. The van der Waals surface area contributed by atoms with Crippen LogP contribution in [0.5, 0.6) is 0 Å². The van der Waals surface area contributed by atoms with Crippen LogP contribution in [0.25, 0.3) is 0 Å². The number of carbonyl (C=O) groups excluding carboxylic acids is 1. The molecule has 0 amide bonds. The van der Waals surface area contributed by atoms with Crippen molar-refractivity contribution in [2.45, 2.75) is 32.6 Å². The average molecular weight is 282 g/mol. The second-order valence-electron chi connectivity index (χ2n) is 5.48. The molecule has 0 fully saturated rings. The van der Waals surface area contributed by atoms with Crippen LogP contribution in [0.3, 0.4) is 0 Å². The highest BCUT2D eigenvalue weighted by atomic mass is 16.5. The Morgan fingerprint density at radius 1 is 1.05 bits per heavy atom. The number of esters is 1. The first-order valence-electron chi connectivity index (χ1n) is 7.41. The predicted octanol–water partition coefficient (Wildman–Crippen LogP) is 4.27. The molecule has 0 aliphatic carbocycles. The van der Waals surface area contributed by atoms with E-state index in [-0.39, 0.29) is 11.9 Å². The maximum absolute atomic E-state index is 11.8. The third-order valence-electron chi connectivity index (χ3n) is 3.60. The molecule has 0 aromatic heterocycles. The number of hydrogen-bond donors (Lipinski definition) is 0. The van der Waals surface area contributed by atoms with Crippen molar-refractivity contribution >= 4 is 5.97 Å². The lowest BCUT2D eigenvalue weighted by Gasteiger charge is -2.12. The highest BCUT2D eigenvalue weighted by molar-refractivity contribution is 5.69. The molecule has 0 aliphatic heterocycles. The monoisotopic (exact) mass is 282 g/mol. The van der Waals surface area contributed by atoms with Crippen molar-refractivity contribution in [1.29, 1.82) is 0 Å². The van der Waals surface area contributed by atoms with E-state index >= 15 is 0 Å². The van der Waals surface area contributed by atoms with Crippen LogP contribution in [-0.4, -0.2) is 12.6 Å². The number of hydrogen-bond acceptors (Lipinski definition) is 2. The highest BCUT2D eigenvalue weighted by Crippen LogP contribution is 2.15. The quantitative estimate of drug-likeness (QED) is 0.739. The zero-order valence-corrected chi connectivity index (χ0v) is 12.7. The normalized spacial score (nSPS) is 11.9. The van der Waals surface area contributed by atoms with E-state index in [0.717, 1.165) is 6.42 Å². The molecule has 2 nitrogen and oxygen atoms in total. The first-order valence-corrected chi connectivity index (χ1v) is 7.41. The minimum absolute atomic E-state index is 0.127. The lowest BCUT2D eigenvalue weighted by Crippen LogP contribution is -2.11. The van der Waals surface area contributed by atoms with Gasteiger partial charge in [-0.15, -0.1) is 0 Å². The van der Waals surface area contributed by atoms with Crippen LogP contribution < -0.4 is 0 Å². The van der Waals surface area contributed by atoms with Gasteiger partial charge < -0.3 is 4.74 Å². The van der Waals surface area contributed by atoms with Crippen molar-refractivity contribution in [3.05, 3.63) is 71.3 Å². The lowest BCUT2D eigenvalue weighted by molar-refractivity contribution is -0.144. The Morgan fingerprint density at radius 3 is 2.38 bits per heavy atom. The molecule has 0 N–H and O–H groups in total. The van der Waals surface area contributed by atoms with Crippen molar-refractivity contribution in [3.8, 4) is 0 Å². The highest BCUT2D eigenvalue weighted by Gasteiger charge is 2.09. The maximum Gasteiger partial charge on any atom is 0.306 e. The molecular formula is C19H22O2. The van der Waals surface area contributed by atoms with E-state index in [0.29, 0.717) is 13.0 Å². The molecule has 0 bridgehead atoms. The first kappa shape index (κ1) is 15.3. The third-order valence-corrected chi connectivity index (χ3v) is 3.60. The number of carbonyl (C=O) groups is 1. The van der Waals surface area contributed by atoms with Crippen molar-refractivity contribution < 1.29 is 9.53 Å². The van der Waals surface area contributed by atoms with Gasteiger partial charge in [-0.25, -0.2) is 0 Å². The van der Waals surface area contributed by atoms with E-state index in [9.17, 15) is 4.79 Å². The first-order chi connectivity index (χ1) is 10.1. The molecule has 0 saturated heterocycles. The van der Waals surface area contributed by atoms with Crippen LogP contribution in [-0.2, 0) is 16.0 Å². The van der Waals surface area contributed by atoms with Gasteiger partial charge in [-0.2, -0.15) is 0 Å². The van der Waals surface area contributed by atoms with Gasteiger partial charge in [0, 0.05) is 12.3 Å². The number of aryl methyl sites for hydroxylation is 2. The summed E-state index contributed by atoms with van der Waals surface area (Å²) in [5.41, 5.74) is 3.61. The Labute approximate surface area is 126 Å². The van der Waals surface area contributed by atoms with E-state index in [1.54, 1.807) is 0 Å². The number of rotatable bonds is 6. The van der Waals surface area contributed by atoms with Crippen LogP contribution >= 0.6 is 0 Å². The fourth-order valence-corrected chi connectivity index (χ4v) is 2.17. The second-order valence-corrected chi connectivity index (χ2v) is 5.48. The molecule has 0 unspecified atom stereocenters. The average Bonchev–Trinajstić information content (AvgIpc) is 2.53. The summed E-state index contributed by atoms with van der Waals surface area (Å²) >= 11 is 0. The van der Waals surface area contributed by atoms with E-state index in [1.807, 2.05) is 18.2 Å². The Balaban J connectivity index is 1.73. The SMILES string of the molecule is Cc1ccc(CCC(=O)OC[C@H](C)c2ccccc2)cc1. The molecule has 0 spiro atoms. The van der Waals surface area contributed by atoms with Gasteiger partial charge in [0.2, 0.25) is 0 Å². The van der Waals surface area contributed by atoms with Crippen LogP contribution in [0.15, 0.2) is 54.6 Å². The fraction of sp³-hybridized carbons (Fsp3) is 0.316. The molecule has 0 aliphatic rings. The number of benzene rings is 2. The van der Waals surface area contributed by atoms with Gasteiger partial charge in [-0.3, -0.25) is 4.79 Å². The van der Waals surface area contributed by atoms with Gasteiger partial charge >= 0.3 is 5.97 Å². The summed E-state index contributed by atoms with van der Waals surface area (Å²) in [6, 6.07) is 18.4. The predicted molar refractivity (Wildman–Crippen MR) is 85.3 cm³/mol. The molecular weight excluding hydrogens is 260 g/mol. The molecule has 2 rings (SSSR count). The molecule has 2 heteroatoms. The van der Waals surface area contributed by atoms with E-state index in [2.05, 4.69) is 50.2 Å². The van der Waals surface area contributed by atoms with Gasteiger partial charge in [0.15, 0.2) is 0 Å².